The van der Waals surface area contributed by atoms with E-state index in [4.69, 9.17) is 21.1 Å². The number of halogens is 2. The quantitative estimate of drug-likeness (QED) is 0.339. The Hall–Kier alpha value is -1.68. The van der Waals surface area contributed by atoms with Gasteiger partial charge in [-0.05, 0) is 50.5 Å². The number of aryl methyl sites for hydroxylation is 2. The van der Waals surface area contributed by atoms with Crippen molar-refractivity contribution in [3.63, 3.8) is 0 Å². The maximum absolute atomic E-state index is 6.39. The summed E-state index contributed by atoms with van der Waals surface area (Å²) in [5.41, 5.74) is 4.55. The van der Waals surface area contributed by atoms with Crippen LogP contribution in [0.1, 0.15) is 35.9 Å². The first-order chi connectivity index (χ1) is 13.9. The Morgan fingerprint density at radius 1 is 1.30 bits per heavy atom. The summed E-state index contributed by atoms with van der Waals surface area (Å²) >= 11 is 6.39. The molecule has 0 bridgehead atoms. The van der Waals surface area contributed by atoms with Gasteiger partial charge in [-0.15, -0.1) is 24.0 Å². The number of hydrogen-bond donors (Lipinski definition) is 2. The van der Waals surface area contributed by atoms with Gasteiger partial charge >= 0.3 is 0 Å². The predicted molar refractivity (Wildman–Crippen MR) is 132 cm³/mol. The topological polar surface area (TPSA) is 72.7 Å². The molecular weight excluding hydrogens is 517 g/mol. The fraction of sp³-hybridized carbons (Fsp3) is 0.524. The molecule has 1 aromatic heterocycles. The zero-order chi connectivity index (χ0) is 21.0. The number of fused-ring (bicyclic) bond motifs is 1. The number of benzene rings is 1. The van der Waals surface area contributed by atoms with Gasteiger partial charge in [0.25, 0.3) is 0 Å². The summed E-state index contributed by atoms with van der Waals surface area (Å²) in [5, 5.41) is 11.9. The molecule has 1 aliphatic rings. The van der Waals surface area contributed by atoms with Crippen LogP contribution in [0, 0.1) is 13.8 Å². The molecule has 1 aliphatic heterocycles. The lowest BCUT2D eigenvalue weighted by molar-refractivity contribution is 0.297. The molecule has 9 heteroatoms. The van der Waals surface area contributed by atoms with Crippen molar-refractivity contribution >= 4 is 41.5 Å². The van der Waals surface area contributed by atoms with Crippen LogP contribution in [0.3, 0.4) is 0 Å². The number of guanidine groups is 1. The Balaban J connectivity index is 0.00000320. The molecule has 0 fully saturated rings. The molecule has 2 N–H and O–H groups in total. The van der Waals surface area contributed by atoms with E-state index in [0.29, 0.717) is 36.3 Å². The van der Waals surface area contributed by atoms with Crippen LogP contribution in [0.2, 0.25) is 5.02 Å². The third kappa shape index (κ3) is 5.94. The van der Waals surface area contributed by atoms with E-state index in [2.05, 4.69) is 41.5 Å². The lowest BCUT2D eigenvalue weighted by Crippen LogP contribution is -2.42. The Labute approximate surface area is 200 Å². The van der Waals surface area contributed by atoms with Crippen LogP contribution in [-0.2, 0) is 20.0 Å². The van der Waals surface area contributed by atoms with E-state index in [0.717, 1.165) is 30.1 Å². The van der Waals surface area contributed by atoms with E-state index in [1.807, 2.05) is 23.9 Å². The summed E-state index contributed by atoms with van der Waals surface area (Å²) in [4.78, 5) is 4.34. The molecule has 0 amide bonds. The van der Waals surface area contributed by atoms with Crippen molar-refractivity contribution in [2.45, 2.75) is 46.2 Å². The summed E-state index contributed by atoms with van der Waals surface area (Å²) in [6, 6.07) is 4.08. The molecule has 0 saturated carbocycles. The second-order valence-corrected chi connectivity index (χ2v) is 7.81. The number of ether oxygens (including phenoxy) is 2. The van der Waals surface area contributed by atoms with Crippen LogP contribution in [0.5, 0.6) is 11.5 Å². The second-order valence-electron chi connectivity index (χ2n) is 7.40. The third-order valence-electron chi connectivity index (χ3n) is 5.10. The minimum absolute atomic E-state index is 0. The van der Waals surface area contributed by atoms with Crippen LogP contribution in [0.25, 0.3) is 0 Å². The van der Waals surface area contributed by atoms with Crippen molar-refractivity contribution in [3.8, 4) is 11.5 Å². The molecule has 0 radical (unpaired) electrons. The standard InChI is InChI=1S/C21H30ClN5O2.HI/c1-13(9-17-14(2)26-27(5)15(17)3)25-21(23-4)24-12-16-10-18(22)20-19(11-16)28-7-6-8-29-20;/h10-11,13H,6-9,12H2,1-5H3,(H2,23,24,25);1H. The van der Waals surface area contributed by atoms with Gasteiger partial charge < -0.3 is 20.1 Å². The molecule has 30 heavy (non-hydrogen) atoms. The zero-order valence-electron chi connectivity index (χ0n) is 18.2. The van der Waals surface area contributed by atoms with E-state index < -0.39 is 0 Å². The van der Waals surface area contributed by atoms with Crippen molar-refractivity contribution in [2.75, 3.05) is 20.3 Å². The summed E-state index contributed by atoms with van der Waals surface area (Å²) < 4.78 is 13.4. The number of nitrogens with one attached hydrogen (secondary N) is 2. The largest absolute Gasteiger partial charge is 0.489 e. The third-order valence-corrected chi connectivity index (χ3v) is 5.38. The van der Waals surface area contributed by atoms with Gasteiger partial charge in [-0.2, -0.15) is 5.10 Å². The molecule has 166 valence electrons. The fourth-order valence-corrected chi connectivity index (χ4v) is 3.76. The van der Waals surface area contributed by atoms with Gasteiger partial charge in [0, 0.05) is 38.8 Å². The first-order valence-electron chi connectivity index (χ1n) is 9.93. The van der Waals surface area contributed by atoms with Crippen LogP contribution in [0.4, 0.5) is 0 Å². The molecule has 2 aromatic rings. The van der Waals surface area contributed by atoms with Crippen molar-refractivity contribution in [1.82, 2.24) is 20.4 Å². The highest BCUT2D eigenvalue weighted by Crippen LogP contribution is 2.37. The van der Waals surface area contributed by atoms with Crippen LogP contribution in [0.15, 0.2) is 17.1 Å². The van der Waals surface area contributed by atoms with Gasteiger partial charge in [0.05, 0.1) is 23.9 Å². The predicted octanol–water partition coefficient (Wildman–Crippen LogP) is 3.77. The maximum atomic E-state index is 6.39. The highest BCUT2D eigenvalue weighted by atomic mass is 127. The zero-order valence-corrected chi connectivity index (χ0v) is 21.3. The van der Waals surface area contributed by atoms with E-state index >= 15 is 0 Å². The molecule has 2 heterocycles. The summed E-state index contributed by atoms with van der Waals surface area (Å²) in [6.07, 6.45) is 1.73. The van der Waals surface area contributed by atoms with Gasteiger partial charge in [-0.25, -0.2) is 0 Å². The maximum Gasteiger partial charge on any atom is 0.191 e. The normalized spacial score (nSPS) is 14.5. The first kappa shape index (κ1) is 24.6. The van der Waals surface area contributed by atoms with Crippen molar-refractivity contribution in [2.24, 2.45) is 12.0 Å². The molecular formula is C21H31ClIN5O2. The molecule has 0 saturated heterocycles. The summed E-state index contributed by atoms with van der Waals surface area (Å²) in [6.45, 7) is 8.12. The molecule has 3 rings (SSSR count). The molecule has 1 unspecified atom stereocenters. The van der Waals surface area contributed by atoms with Crippen molar-refractivity contribution in [3.05, 3.63) is 39.7 Å². The Kier molecular flexibility index (Phi) is 9.09. The monoisotopic (exact) mass is 547 g/mol. The number of rotatable bonds is 5. The first-order valence-corrected chi connectivity index (χ1v) is 10.3. The fourth-order valence-electron chi connectivity index (χ4n) is 3.47. The van der Waals surface area contributed by atoms with Gasteiger partial charge in [0.1, 0.15) is 0 Å². The van der Waals surface area contributed by atoms with Crippen LogP contribution >= 0.6 is 35.6 Å². The summed E-state index contributed by atoms with van der Waals surface area (Å²) in [7, 11) is 3.74. The average molecular weight is 548 g/mol. The number of aromatic nitrogens is 2. The van der Waals surface area contributed by atoms with Crippen LogP contribution in [-0.4, -0.2) is 42.0 Å². The molecule has 0 spiro atoms. The molecule has 1 atom stereocenters. The number of nitrogens with zero attached hydrogens (tertiary/aromatic N) is 3. The number of hydrogen-bond acceptors (Lipinski definition) is 4. The SMILES string of the molecule is CN=C(NCc1cc(Cl)c2c(c1)OCCCO2)NC(C)Cc1c(C)nn(C)c1C.I. The molecule has 0 aliphatic carbocycles. The van der Waals surface area contributed by atoms with E-state index in [-0.39, 0.29) is 30.0 Å². The van der Waals surface area contributed by atoms with Crippen molar-refractivity contribution < 1.29 is 9.47 Å². The Morgan fingerprint density at radius 2 is 2.03 bits per heavy atom. The van der Waals surface area contributed by atoms with Gasteiger partial charge in [-0.1, -0.05) is 11.6 Å². The smallest absolute Gasteiger partial charge is 0.191 e. The van der Waals surface area contributed by atoms with Gasteiger partial charge in [0.2, 0.25) is 0 Å². The second kappa shape index (κ2) is 11.1. The Bertz CT molecular complexity index is 900. The van der Waals surface area contributed by atoms with E-state index in [1.165, 1.54) is 11.3 Å². The average Bonchev–Trinajstić information content (AvgIpc) is 2.86. The lowest BCUT2D eigenvalue weighted by Gasteiger charge is -2.19. The van der Waals surface area contributed by atoms with E-state index in [9.17, 15) is 0 Å². The molecule has 7 nitrogen and oxygen atoms in total. The number of aliphatic imine (C=N–C) groups is 1. The van der Waals surface area contributed by atoms with Crippen LogP contribution < -0.4 is 20.1 Å². The highest BCUT2D eigenvalue weighted by molar-refractivity contribution is 14.0. The van der Waals surface area contributed by atoms with Gasteiger partial charge in [0.15, 0.2) is 17.5 Å². The summed E-state index contributed by atoms with van der Waals surface area (Å²) in [5.74, 6) is 2.07. The van der Waals surface area contributed by atoms with E-state index in [1.54, 1.807) is 7.05 Å². The molecule has 1 aromatic carbocycles. The lowest BCUT2D eigenvalue weighted by atomic mass is 10.1. The van der Waals surface area contributed by atoms with Gasteiger partial charge in [-0.3, -0.25) is 9.67 Å². The highest BCUT2D eigenvalue weighted by Gasteiger charge is 2.17. The Morgan fingerprint density at radius 3 is 2.70 bits per heavy atom. The minimum atomic E-state index is 0. The van der Waals surface area contributed by atoms with Crippen molar-refractivity contribution in [1.29, 1.82) is 0 Å². The minimum Gasteiger partial charge on any atom is -0.489 e.